The molecular formula is C23H26ClN4O4S2-. The Bertz CT molecular complexity index is 1290. The summed E-state index contributed by atoms with van der Waals surface area (Å²) in [5.74, 6) is 0.862. The van der Waals surface area contributed by atoms with Crippen LogP contribution in [0.25, 0.3) is 10.1 Å². The van der Waals surface area contributed by atoms with Gasteiger partial charge in [0.25, 0.3) is 0 Å². The molecular weight excluding hydrogens is 496 g/mol. The lowest BCUT2D eigenvalue weighted by atomic mass is 10.1. The van der Waals surface area contributed by atoms with Crippen LogP contribution >= 0.6 is 23.1 Å². The Kier molecular flexibility index (Phi) is 7.73. The molecule has 0 radical (unpaired) electrons. The number of amides is 1. The molecule has 182 valence electrons. The number of piperazine rings is 1. The van der Waals surface area contributed by atoms with Crippen LogP contribution in [0.3, 0.4) is 0 Å². The molecule has 34 heavy (non-hydrogen) atoms. The Morgan fingerprint density at radius 2 is 1.88 bits per heavy atom. The summed E-state index contributed by atoms with van der Waals surface area (Å²) in [7, 11) is -3.91. The van der Waals surface area contributed by atoms with Crippen molar-refractivity contribution >= 4 is 60.8 Å². The van der Waals surface area contributed by atoms with Crippen molar-refractivity contribution in [2.24, 2.45) is 0 Å². The van der Waals surface area contributed by atoms with E-state index in [-0.39, 0.29) is 11.7 Å². The Morgan fingerprint density at radius 1 is 1.18 bits per heavy atom. The van der Waals surface area contributed by atoms with Gasteiger partial charge in [0.15, 0.2) is 0 Å². The van der Waals surface area contributed by atoms with Gasteiger partial charge in [-0.1, -0.05) is 36.7 Å². The van der Waals surface area contributed by atoms with E-state index < -0.39 is 10.1 Å². The molecule has 2 aliphatic rings. The first-order chi connectivity index (χ1) is 16.2. The standard InChI is InChI=1S/C21H21ClN4OS.C2H6O3S/c22-17-13-18-15(12-20(27)23-18)11-14(17)5-6-25-7-9-26(10-8-25)21-16-3-1-2-4-19(16)28-24-21;1-2-6(3,4)5/h1-4,11,13H,5-10,12H2,(H,23,27);2H2,1H3,(H,3,4,5)/p-1. The van der Waals surface area contributed by atoms with Crippen molar-refractivity contribution < 1.29 is 17.8 Å². The molecule has 0 unspecified atom stereocenters. The maximum atomic E-state index is 11.6. The maximum absolute atomic E-state index is 11.6. The normalized spacial score (nSPS) is 16.2. The van der Waals surface area contributed by atoms with Gasteiger partial charge in [-0.05, 0) is 47.3 Å². The summed E-state index contributed by atoms with van der Waals surface area (Å²) in [4.78, 5) is 16.4. The van der Waals surface area contributed by atoms with E-state index in [1.807, 2.05) is 6.07 Å². The van der Waals surface area contributed by atoms with Gasteiger partial charge < -0.3 is 14.8 Å². The van der Waals surface area contributed by atoms with Crippen molar-refractivity contribution in [3.8, 4) is 0 Å². The quantitative estimate of drug-likeness (QED) is 0.513. The number of hydrogen-bond donors (Lipinski definition) is 1. The number of aromatic nitrogens is 1. The lowest BCUT2D eigenvalue weighted by Gasteiger charge is -2.35. The van der Waals surface area contributed by atoms with Gasteiger partial charge in [0.05, 0.1) is 21.2 Å². The highest BCUT2D eigenvalue weighted by atomic mass is 35.5. The summed E-state index contributed by atoms with van der Waals surface area (Å²) in [6.07, 6.45) is 1.36. The lowest BCUT2D eigenvalue weighted by Crippen LogP contribution is -2.47. The van der Waals surface area contributed by atoms with E-state index in [9.17, 15) is 17.8 Å². The highest BCUT2D eigenvalue weighted by molar-refractivity contribution is 7.85. The largest absolute Gasteiger partial charge is 0.748 e. The first kappa shape index (κ1) is 24.9. The van der Waals surface area contributed by atoms with Crippen molar-refractivity contribution in [1.82, 2.24) is 9.27 Å². The second-order valence-corrected chi connectivity index (χ2v) is 11.2. The van der Waals surface area contributed by atoms with Crippen LogP contribution in [0, 0.1) is 0 Å². The lowest BCUT2D eigenvalue weighted by molar-refractivity contribution is -0.115. The van der Waals surface area contributed by atoms with Crippen molar-refractivity contribution in [2.75, 3.05) is 48.7 Å². The number of anilines is 2. The number of nitrogens with one attached hydrogen (secondary N) is 1. The molecule has 1 aromatic heterocycles. The smallest absolute Gasteiger partial charge is 0.228 e. The molecule has 3 aromatic rings. The maximum Gasteiger partial charge on any atom is 0.228 e. The summed E-state index contributed by atoms with van der Waals surface area (Å²) < 4.78 is 34.3. The molecule has 3 heterocycles. The Morgan fingerprint density at radius 3 is 2.59 bits per heavy atom. The summed E-state index contributed by atoms with van der Waals surface area (Å²) in [6.45, 7) is 6.31. The fraction of sp³-hybridized carbons (Fsp3) is 0.391. The van der Waals surface area contributed by atoms with Crippen LogP contribution in [-0.4, -0.2) is 66.6 Å². The summed E-state index contributed by atoms with van der Waals surface area (Å²) in [5.41, 5.74) is 3.05. The molecule has 1 amide bonds. The van der Waals surface area contributed by atoms with Crippen molar-refractivity contribution in [3.05, 3.63) is 52.5 Å². The molecule has 11 heteroatoms. The number of benzene rings is 2. The molecule has 0 saturated carbocycles. The van der Waals surface area contributed by atoms with E-state index in [2.05, 4.69) is 49.8 Å². The minimum atomic E-state index is -3.91. The van der Waals surface area contributed by atoms with Gasteiger partial charge in [-0.25, -0.2) is 8.42 Å². The van der Waals surface area contributed by atoms with E-state index in [0.717, 1.165) is 66.8 Å². The Balaban J connectivity index is 0.000000408. The molecule has 1 saturated heterocycles. The number of nitrogens with zero attached hydrogens (tertiary/aromatic N) is 3. The second-order valence-electron chi connectivity index (χ2n) is 8.25. The van der Waals surface area contributed by atoms with E-state index >= 15 is 0 Å². The average molecular weight is 522 g/mol. The van der Waals surface area contributed by atoms with Crippen LogP contribution in [0.1, 0.15) is 18.1 Å². The van der Waals surface area contributed by atoms with Gasteiger partial charge in [-0.3, -0.25) is 9.69 Å². The second kappa shape index (κ2) is 10.6. The summed E-state index contributed by atoms with van der Waals surface area (Å²) >= 11 is 8.01. The number of carbonyl (C=O) groups excluding carboxylic acids is 1. The average Bonchev–Trinajstić information content (AvgIpc) is 3.40. The van der Waals surface area contributed by atoms with Gasteiger partial charge in [0, 0.05) is 54.6 Å². The van der Waals surface area contributed by atoms with E-state index in [4.69, 9.17) is 11.6 Å². The van der Waals surface area contributed by atoms with Crippen LogP contribution in [-0.2, 0) is 27.8 Å². The number of carbonyl (C=O) groups is 1. The third kappa shape index (κ3) is 6.05. The molecule has 2 aliphatic heterocycles. The molecule has 2 aromatic carbocycles. The van der Waals surface area contributed by atoms with E-state index in [1.165, 1.54) is 17.0 Å². The molecule has 0 aliphatic carbocycles. The fourth-order valence-electron chi connectivity index (χ4n) is 4.05. The van der Waals surface area contributed by atoms with Crippen LogP contribution in [0.2, 0.25) is 5.02 Å². The third-order valence-electron chi connectivity index (χ3n) is 5.98. The monoisotopic (exact) mass is 521 g/mol. The first-order valence-electron chi connectivity index (χ1n) is 11.1. The summed E-state index contributed by atoms with van der Waals surface area (Å²) in [6, 6.07) is 12.4. The highest BCUT2D eigenvalue weighted by Crippen LogP contribution is 2.31. The third-order valence-corrected chi connectivity index (χ3v) is 7.85. The van der Waals surface area contributed by atoms with E-state index in [0.29, 0.717) is 6.42 Å². The summed E-state index contributed by atoms with van der Waals surface area (Å²) in [5, 5.41) is 4.86. The zero-order valence-corrected chi connectivity index (χ0v) is 21.2. The van der Waals surface area contributed by atoms with E-state index in [1.54, 1.807) is 11.5 Å². The Labute approximate surface area is 208 Å². The Hall–Kier alpha value is -2.24. The topological polar surface area (TPSA) is 106 Å². The van der Waals surface area contributed by atoms with Crippen molar-refractivity contribution in [1.29, 1.82) is 0 Å². The van der Waals surface area contributed by atoms with Crippen LogP contribution in [0.15, 0.2) is 36.4 Å². The number of fused-ring (bicyclic) bond motifs is 2. The SMILES string of the molecule is CCS(=O)(=O)[O-].O=C1Cc2cc(CCN3CCN(c4nsc5ccccc45)CC3)c(Cl)cc2N1. The van der Waals surface area contributed by atoms with Crippen LogP contribution in [0.4, 0.5) is 11.5 Å². The van der Waals surface area contributed by atoms with Crippen LogP contribution < -0.4 is 10.2 Å². The number of rotatable bonds is 5. The first-order valence-corrected chi connectivity index (χ1v) is 13.8. The van der Waals surface area contributed by atoms with Crippen LogP contribution in [0.5, 0.6) is 0 Å². The molecule has 1 N–H and O–H groups in total. The molecule has 1 fully saturated rings. The molecule has 5 rings (SSSR count). The van der Waals surface area contributed by atoms with Gasteiger partial charge in [-0.2, -0.15) is 4.37 Å². The van der Waals surface area contributed by atoms with Gasteiger partial charge in [0.2, 0.25) is 5.91 Å². The minimum absolute atomic E-state index is 0.0499. The molecule has 8 nitrogen and oxygen atoms in total. The predicted octanol–water partition coefficient (Wildman–Crippen LogP) is 3.36. The van der Waals surface area contributed by atoms with Gasteiger partial charge >= 0.3 is 0 Å². The zero-order chi connectivity index (χ0) is 24.3. The van der Waals surface area contributed by atoms with Gasteiger partial charge in [0.1, 0.15) is 5.82 Å². The zero-order valence-electron chi connectivity index (χ0n) is 18.8. The fourth-order valence-corrected chi connectivity index (χ4v) is 5.11. The molecule has 0 spiro atoms. The van der Waals surface area contributed by atoms with Gasteiger partial charge in [-0.15, -0.1) is 0 Å². The predicted molar refractivity (Wildman–Crippen MR) is 136 cm³/mol. The minimum Gasteiger partial charge on any atom is -0.748 e. The molecule has 0 atom stereocenters. The van der Waals surface area contributed by atoms with Crippen molar-refractivity contribution in [2.45, 2.75) is 19.8 Å². The molecule has 0 bridgehead atoms. The number of hydrogen-bond acceptors (Lipinski definition) is 8. The highest BCUT2D eigenvalue weighted by Gasteiger charge is 2.22. The number of halogens is 1. The van der Waals surface area contributed by atoms with Crippen molar-refractivity contribution in [3.63, 3.8) is 0 Å².